The van der Waals surface area contributed by atoms with Gasteiger partial charge in [0.2, 0.25) is 26.0 Å². The lowest BCUT2D eigenvalue weighted by atomic mass is 10.2. The molecule has 2 aliphatic heterocycles. The number of nitrogens with zero attached hydrogens (tertiary/aromatic N) is 3. The summed E-state index contributed by atoms with van der Waals surface area (Å²) in [6.45, 7) is 2.68. The second-order valence-corrected chi connectivity index (χ2v) is 13.2. The molecule has 0 aromatic heterocycles. The number of sulfonamides is 2. The van der Waals surface area contributed by atoms with Gasteiger partial charge in [0.05, 0.1) is 11.4 Å². The van der Waals surface area contributed by atoms with Crippen LogP contribution in [-0.4, -0.2) is 82.1 Å². The zero-order valence-corrected chi connectivity index (χ0v) is 22.4. The molecule has 0 saturated carbocycles. The van der Waals surface area contributed by atoms with Gasteiger partial charge in [0, 0.05) is 45.0 Å². The van der Waals surface area contributed by atoms with Crippen molar-refractivity contribution in [2.75, 3.05) is 51.1 Å². The van der Waals surface area contributed by atoms with Crippen molar-refractivity contribution >= 4 is 31.6 Å². The van der Waals surface area contributed by atoms with Crippen LogP contribution in [0, 0.1) is 24.4 Å². The Kier molecular flexibility index (Phi) is 8.47. The van der Waals surface area contributed by atoms with E-state index in [-0.39, 0.29) is 37.6 Å². The number of nitrogens with one attached hydrogen (secondary N) is 1. The van der Waals surface area contributed by atoms with Gasteiger partial charge in [-0.3, -0.25) is 9.69 Å². The Bertz CT molecular complexity index is 1420. The molecule has 2 aromatic rings. The van der Waals surface area contributed by atoms with Crippen LogP contribution in [0.1, 0.15) is 24.8 Å². The standard InChI is InChI=1S/C24H29F3N4O5S2/c1-17-5-6-18(37(33,34)30-9-3-2-4-10-30)15-20(17)28-22(32)16-29-11-13-31(14-12-29)38(35,36)21-8-7-19(25)23(26)24(21)27/h5-8,15H,2-4,9-14,16H2,1H3,(H,28,32). The second-order valence-electron chi connectivity index (χ2n) is 9.34. The van der Waals surface area contributed by atoms with Crippen LogP contribution in [0.2, 0.25) is 0 Å². The number of aryl methyl sites for hydroxylation is 1. The topological polar surface area (TPSA) is 107 Å². The minimum Gasteiger partial charge on any atom is -0.325 e. The third-order valence-electron chi connectivity index (χ3n) is 6.75. The van der Waals surface area contributed by atoms with E-state index in [1.165, 1.54) is 16.4 Å². The van der Waals surface area contributed by atoms with E-state index in [9.17, 15) is 34.8 Å². The van der Waals surface area contributed by atoms with Crippen LogP contribution in [0.15, 0.2) is 40.1 Å². The molecule has 208 valence electrons. The minimum atomic E-state index is -4.40. The van der Waals surface area contributed by atoms with Crippen molar-refractivity contribution in [2.24, 2.45) is 0 Å². The van der Waals surface area contributed by atoms with Crippen LogP contribution in [0.3, 0.4) is 0 Å². The SMILES string of the molecule is Cc1ccc(S(=O)(=O)N2CCCCC2)cc1NC(=O)CN1CCN(S(=O)(=O)c2ccc(F)c(F)c2F)CC1. The van der Waals surface area contributed by atoms with Crippen molar-refractivity contribution in [3.8, 4) is 0 Å². The predicted molar refractivity (Wildman–Crippen MR) is 134 cm³/mol. The number of piperazine rings is 1. The van der Waals surface area contributed by atoms with Gasteiger partial charge >= 0.3 is 0 Å². The molecular formula is C24H29F3N4O5S2. The fraction of sp³-hybridized carbons (Fsp3) is 0.458. The van der Waals surface area contributed by atoms with Gasteiger partial charge < -0.3 is 5.32 Å². The first-order valence-corrected chi connectivity index (χ1v) is 15.1. The van der Waals surface area contributed by atoms with Crippen LogP contribution in [-0.2, 0) is 24.8 Å². The summed E-state index contributed by atoms with van der Waals surface area (Å²) in [6, 6.07) is 5.83. The average molecular weight is 575 g/mol. The summed E-state index contributed by atoms with van der Waals surface area (Å²) in [5.74, 6) is -5.53. The van der Waals surface area contributed by atoms with Crippen molar-refractivity contribution in [1.82, 2.24) is 13.5 Å². The summed E-state index contributed by atoms with van der Waals surface area (Å²) < 4.78 is 94.8. The van der Waals surface area contributed by atoms with Gasteiger partial charge in [0.1, 0.15) is 4.90 Å². The zero-order chi connectivity index (χ0) is 27.7. The van der Waals surface area contributed by atoms with E-state index in [2.05, 4.69) is 5.32 Å². The highest BCUT2D eigenvalue weighted by atomic mass is 32.2. The number of halogens is 3. The van der Waals surface area contributed by atoms with Crippen LogP contribution in [0.4, 0.5) is 18.9 Å². The predicted octanol–water partition coefficient (Wildman–Crippen LogP) is 2.53. The Morgan fingerprint density at radius 2 is 1.45 bits per heavy atom. The Morgan fingerprint density at radius 3 is 2.11 bits per heavy atom. The fourth-order valence-corrected chi connectivity index (χ4v) is 7.54. The van der Waals surface area contributed by atoms with Crippen LogP contribution < -0.4 is 5.32 Å². The highest BCUT2D eigenvalue weighted by Gasteiger charge is 2.33. The largest absolute Gasteiger partial charge is 0.325 e. The summed E-state index contributed by atoms with van der Waals surface area (Å²) in [6.07, 6.45) is 2.60. The lowest BCUT2D eigenvalue weighted by Gasteiger charge is -2.33. The van der Waals surface area contributed by atoms with E-state index in [4.69, 9.17) is 0 Å². The molecule has 14 heteroatoms. The molecule has 0 aliphatic carbocycles. The summed E-state index contributed by atoms with van der Waals surface area (Å²) >= 11 is 0. The molecule has 1 amide bonds. The molecule has 0 atom stereocenters. The zero-order valence-electron chi connectivity index (χ0n) is 20.8. The molecule has 2 aliphatic rings. The fourth-order valence-electron chi connectivity index (χ4n) is 4.52. The maximum absolute atomic E-state index is 14.1. The van der Waals surface area contributed by atoms with Gasteiger partial charge in [-0.15, -0.1) is 0 Å². The van der Waals surface area contributed by atoms with Crippen LogP contribution >= 0.6 is 0 Å². The maximum Gasteiger partial charge on any atom is 0.246 e. The number of anilines is 1. The minimum absolute atomic E-state index is 0.0867. The first kappa shape index (κ1) is 28.5. The molecule has 1 N–H and O–H groups in total. The number of carbonyl (C=O) groups is 1. The number of amides is 1. The van der Waals surface area contributed by atoms with Crippen molar-refractivity contribution < 1.29 is 34.8 Å². The molecule has 0 spiro atoms. The van der Waals surface area contributed by atoms with Gasteiger partial charge in [-0.25, -0.2) is 30.0 Å². The van der Waals surface area contributed by atoms with E-state index in [0.29, 0.717) is 36.5 Å². The number of piperidine rings is 1. The molecule has 4 rings (SSSR count). The Balaban J connectivity index is 1.37. The summed E-state index contributed by atoms with van der Waals surface area (Å²) in [5, 5.41) is 2.74. The van der Waals surface area contributed by atoms with Gasteiger partial charge in [-0.05, 0) is 49.6 Å². The molecule has 2 fully saturated rings. The van der Waals surface area contributed by atoms with E-state index in [1.807, 2.05) is 0 Å². The smallest absolute Gasteiger partial charge is 0.246 e. The number of hydrogen-bond acceptors (Lipinski definition) is 6. The van der Waals surface area contributed by atoms with Gasteiger partial charge in [-0.2, -0.15) is 8.61 Å². The Morgan fingerprint density at radius 1 is 0.816 bits per heavy atom. The van der Waals surface area contributed by atoms with Crippen LogP contribution in [0.25, 0.3) is 0 Å². The van der Waals surface area contributed by atoms with E-state index in [0.717, 1.165) is 23.6 Å². The lowest BCUT2D eigenvalue weighted by Crippen LogP contribution is -2.50. The monoisotopic (exact) mass is 574 g/mol. The molecule has 0 unspecified atom stereocenters. The molecule has 38 heavy (non-hydrogen) atoms. The Hall–Kier alpha value is -2.52. The third-order valence-corrected chi connectivity index (χ3v) is 10.6. The molecule has 2 heterocycles. The van der Waals surface area contributed by atoms with Crippen molar-refractivity contribution in [3.05, 3.63) is 53.3 Å². The molecular weight excluding hydrogens is 545 g/mol. The summed E-state index contributed by atoms with van der Waals surface area (Å²) in [7, 11) is -8.08. The second kappa shape index (κ2) is 11.3. The molecule has 2 aromatic carbocycles. The Labute approximate surface area is 220 Å². The van der Waals surface area contributed by atoms with Crippen molar-refractivity contribution in [2.45, 2.75) is 36.0 Å². The quantitative estimate of drug-likeness (QED) is 0.510. The number of rotatable bonds is 7. The van der Waals surface area contributed by atoms with Gasteiger partial charge in [0.25, 0.3) is 0 Å². The lowest BCUT2D eigenvalue weighted by molar-refractivity contribution is -0.117. The third kappa shape index (κ3) is 5.88. The summed E-state index contributed by atoms with van der Waals surface area (Å²) in [5.41, 5.74) is 1.04. The normalized spacial score (nSPS) is 18.4. The van der Waals surface area contributed by atoms with E-state index in [1.54, 1.807) is 17.9 Å². The average Bonchev–Trinajstić information content (AvgIpc) is 2.89. The molecule has 2 saturated heterocycles. The van der Waals surface area contributed by atoms with E-state index >= 15 is 0 Å². The highest BCUT2D eigenvalue weighted by Crippen LogP contribution is 2.26. The first-order valence-electron chi connectivity index (χ1n) is 12.2. The number of carbonyl (C=O) groups excluding carboxylic acids is 1. The molecule has 9 nitrogen and oxygen atoms in total. The van der Waals surface area contributed by atoms with Gasteiger partial charge in [0.15, 0.2) is 17.5 Å². The number of benzene rings is 2. The van der Waals surface area contributed by atoms with E-state index < -0.39 is 48.3 Å². The molecule has 0 bridgehead atoms. The highest BCUT2D eigenvalue weighted by molar-refractivity contribution is 7.89. The molecule has 0 radical (unpaired) electrons. The van der Waals surface area contributed by atoms with Crippen molar-refractivity contribution in [1.29, 1.82) is 0 Å². The van der Waals surface area contributed by atoms with Gasteiger partial charge in [-0.1, -0.05) is 12.5 Å². The maximum atomic E-state index is 14.1. The first-order chi connectivity index (χ1) is 17.9. The number of hydrogen-bond donors (Lipinski definition) is 1. The summed E-state index contributed by atoms with van der Waals surface area (Å²) in [4.78, 5) is 13.6. The van der Waals surface area contributed by atoms with Crippen molar-refractivity contribution in [3.63, 3.8) is 0 Å². The van der Waals surface area contributed by atoms with Crippen LogP contribution in [0.5, 0.6) is 0 Å².